The molecule has 0 aliphatic rings. The van der Waals surface area contributed by atoms with Crippen molar-refractivity contribution in [2.24, 2.45) is 11.7 Å². The van der Waals surface area contributed by atoms with Crippen LogP contribution in [-0.4, -0.2) is 25.9 Å². The lowest BCUT2D eigenvalue weighted by Gasteiger charge is -2.16. The summed E-state index contributed by atoms with van der Waals surface area (Å²) in [6.07, 6.45) is 0. The van der Waals surface area contributed by atoms with E-state index >= 15 is 0 Å². The SMILES string of the molecule is CC(C)C(N)CNS(=O)(=O)Cc1ccc([N+](=O)[O-])cc1. The maximum absolute atomic E-state index is 11.8. The lowest BCUT2D eigenvalue weighted by Crippen LogP contribution is -2.40. The Balaban J connectivity index is 2.64. The lowest BCUT2D eigenvalue weighted by atomic mass is 10.1. The van der Waals surface area contributed by atoms with Crippen LogP contribution in [0.2, 0.25) is 0 Å². The fourth-order valence-corrected chi connectivity index (χ4v) is 2.62. The minimum absolute atomic E-state index is 0.0686. The quantitative estimate of drug-likeness (QED) is 0.575. The molecular formula is C12H19N3O4S. The molecule has 0 fully saturated rings. The van der Waals surface area contributed by atoms with E-state index in [9.17, 15) is 18.5 Å². The standard InChI is InChI=1S/C12H19N3O4S/c1-9(2)12(13)7-14-20(18,19)8-10-3-5-11(6-4-10)15(16)17/h3-6,9,12,14H,7-8,13H2,1-2H3. The molecule has 1 unspecified atom stereocenters. The molecule has 0 amide bonds. The van der Waals surface area contributed by atoms with Gasteiger partial charge in [0.25, 0.3) is 5.69 Å². The van der Waals surface area contributed by atoms with E-state index in [2.05, 4.69) is 4.72 Å². The van der Waals surface area contributed by atoms with Crippen molar-refractivity contribution < 1.29 is 13.3 Å². The van der Waals surface area contributed by atoms with Crippen LogP contribution in [0, 0.1) is 16.0 Å². The highest BCUT2D eigenvalue weighted by atomic mass is 32.2. The zero-order valence-corrected chi connectivity index (χ0v) is 12.3. The molecule has 0 aliphatic carbocycles. The Morgan fingerprint density at radius 1 is 1.30 bits per heavy atom. The van der Waals surface area contributed by atoms with Gasteiger partial charge < -0.3 is 5.73 Å². The van der Waals surface area contributed by atoms with E-state index in [1.807, 2.05) is 13.8 Å². The number of nitrogens with zero attached hydrogens (tertiary/aromatic N) is 1. The van der Waals surface area contributed by atoms with Crippen molar-refractivity contribution in [1.29, 1.82) is 0 Å². The monoisotopic (exact) mass is 301 g/mol. The minimum atomic E-state index is -3.50. The van der Waals surface area contributed by atoms with Crippen LogP contribution in [0.3, 0.4) is 0 Å². The second kappa shape index (κ2) is 6.78. The van der Waals surface area contributed by atoms with Gasteiger partial charge in [-0.3, -0.25) is 10.1 Å². The highest BCUT2D eigenvalue weighted by molar-refractivity contribution is 7.88. The number of nitrogens with two attached hydrogens (primary N) is 1. The molecule has 7 nitrogen and oxygen atoms in total. The Labute approximate surface area is 118 Å². The average molecular weight is 301 g/mol. The van der Waals surface area contributed by atoms with Gasteiger partial charge in [0.2, 0.25) is 10.0 Å². The topological polar surface area (TPSA) is 115 Å². The molecule has 0 saturated heterocycles. The molecule has 1 rings (SSSR count). The van der Waals surface area contributed by atoms with E-state index in [-0.39, 0.29) is 29.9 Å². The van der Waals surface area contributed by atoms with Gasteiger partial charge in [-0.25, -0.2) is 13.1 Å². The maximum Gasteiger partial charge on any atom is 0.269 e. The van der Waals surface area contributed by atoms with Crippen LogP contribution in [0.4, 0.5) is 5.69 Å². The van der Waals surface area contributed by atoms with Crippen molar-refractivity contribution in [3.05, 3.63) is 39.9 Å². The van der Waals surface area contributed by atoms with E-state index in [1.165, 1.54) is 24.3 Å². The summed E-state index contributed by atoms with van der Waals surface area (Å²) in [5.41, 5.74) is 6.19. The molecule has 0 aliphatic heterocycles. The molecule has 0 spiro atoms. The van der Waals surface area contributed by atoms with Gasteiger partial charge >= 0.3 is 0 Å². The maximum atomic E-state index is 11.8. The Bertz CT molecular complexity index is 555. The average Bonchev–Trinajstić information content (AvgIpc) is 2.36. The molecule has 1 aromatic carbocycles. The number of benzene rings is 1. The number of nitrogens with one attached hydrogen (secondary N) is 1. The van der Waals surface area contributed by atoms with Crippen LogP contribution in [0.1, 0.15) is 19.4 Å². The van der Waals surface area contributed by atoms with E-state index in [1.54, 1.807) is 0 Å². The largest absolute Gasteiger partial charge is 0.326 e. The van der Waals surface area contributed by atoms with Crippen LogP contribution in [0.25, 0.3) is 0 Å². The van der Waals surface area contributed by atoms with Gasteiger partial charge in [0.15, 0.2) is 0 Å². The first-order valence-corrected chi connectivity index (χ1v) is 7.83. The van der Waals surface area contributed by atoms with Crippen molar-refractivity contribution in [1.82, 2.24) is 4.72 Å². The fourth-order valence-electron chi connectivity index (χ4n) is 1.44. The first kappa shape index (κ1) is 16.5. The molecule has 1 aromatic rings. The molecule has 0 radical (unpaired) electrons. The summed E-state index contributed by atoms with van der Waals surface area (Å²) in [7, 11) is -3.50. The van der Waals surface area contributed by atoms with E-state index in [0.717, 1.165) is 0 Å². The second-order valence-electron chi connectivity index (χ2n) is 4.94. The number of hydrogen-bond donors (Lipinski definition) is 2. The van der Waals surface area contributed by atoms with E-state index in [0.29, 0.717) is 5.56 Å². The summed E-state index contributed by atoms with van der Waals surface area (Å²) in [4.78, 5) is 9.97. The molecule has 20 heavy (non-hydrogen) atoms. The number of rotatable bonds is 7. The molecule has 0 heterocycles. The first-order chi connectivity index (χ1) is 9.21. The predicted molar refractivity (Wildman–Crippen MR) is 76.5 cm³/mol. The Morgan fingerprint density at radius 3 is 2.30 bits per heavy atom. The van der Waals surface area contributed by atoms with E-state index < -0.39 is 14.9 Å². The first-order valence-electron chi connectivity index (χ1n) is 6.17. The van der Waals surface area contributed by atoms with Crippen LogP contribution in [0.5, 0.6) is 0 Å². The van der Waals surface area contributed by atoms with Crippen LogP contribution in [0.15, 0.2) is 24.3 Å². The Kier molecular flexibility index (Phi) is 5.61. The smallest absolute Gasteiger partial charge is 0.269 e. The van der Waals surface area contributed by atoms with Gasteiger partial charge in [-0.2, -0.15) is 0 Å². The Hall–Kier alpha value is -1.51. The summed E-state index contributed by atoms with van der Waals surface area (Å²) in [5, 5.41) is 10.5. The van der Waals surface area contributed by atoms with Crippen molar-refractivity contribution in [3.63, 3.8) is 0 Å². The molecule has 8 heteroatoms. The summed E-state index contributed by atoms with van der Waals surface area (Å²) in [5.74, 6) is -0.0485. The third-order valence-electron chi connectivity index (χ3n) is 2.90. The van der Waals surface area contributed by atoms with Gasteiger partial charge in [-0.15, -0.1) is 0 Å². The van der Waals surface area contributed by atoms with Gasteiger partial charge in [0, 0.05) is 24.7 Å². The summed E-state index contributed by atoms with van der Waals surface area (Å²) >= 11 is 0. The van der Waals surface area contributed by atoms with Crippen LogP contribution < -0.4 is 10.5 Å². The van der Waals surface area contributed by atoms with Gasteiger partial charge in [0.1, 0.15) is 0 Å². The van der Waals surface area contributed by atoms with Crippen LogP contribution >= 0.6 is 0 Å². The van der Waals surface area contributed by atoms with Crippen molar-refractivity contribution in [2.45, 2.75) is 25.6 Å². The van der Waals surface area contributed by atoms with E-state index in [4.69, 9.17) is 5.73 Å². The third kappa shape index (κ3) is 5.24. The highest BCUT2D eigenvalue weighted by Gasteiger charge is 2.15. The van der Waals surface area contributed by atoms with Crippen molar-refractivity contribution >= 4 is 15.7 Å². The van der Waals surface area contributed by atoms with Gasteiger partial charge in [-0.05, 0) is 11.5 Å². The second-order valence-corrected chi connectivity index (χ2v) is 6.75. The third-order valence-corrected chi connectivity index (χ3v) is 4.22. The fraction of sp³-hybridized carbons (Fsp3) is 0.500. The number of nitro groups is 1. The van der Waals surface area contributed by atoms with Gasteiger partial charge in [-0.1, -0.05) is 26.0 Å². The predicted octanol–water partition coefficient (Wildman–Crippen LogP) is 0.998. The van der Waals surface area contributed by atoms with Crippen molar-refractivity contribution in [3.8, 4) is 0 Å². The summed E-state index contributed by atoms with van der Waals surface area (Å²) < 4.78 is 26.1. The van der Waals surface area contributed by atoms with Crippen molar-refractivity contribution in [2.75, 3.05) is 6.54 Å². The number of sulfonamides is 1. The molecule has 112 valence electrons. The van der Waals surface area contributed by atoms with Crippen LogP contribution in [-0.2, 0) is 15.8 Å². The zero-order chi connectivity index (χ0) is 15.3. The zero-order valence-electron chi connectivity index (χ0n) is 11.4. The normalized spacial score (nSPS) is 13.4. The van der Waals surface area contributed by atoms with Gasteiger partial charge in [0.05, 0.1) is 10.7 Å². The number of hydrogen-bond acceptors (Lipinski definition) is 5. The molecule has 0 aromatic heterocycles. The number of nitro benzene ring substituents is 1. The molecular weight excluding hydrogens is 282 g/mol. The summed E-state index contributed by atoms with van der Waals surface area (Å²) in [6.45, 7) is 4.00. The highest BCUT2D eigenvalue weighted by Crippen LogP contribution is 2.13. The molecule has 0 saturated carbocycles. The summed E-state index contributed by atoms with van der Waals surface area (Å²) in [6, 6.07) is 5.18. The Morgan fingerprint density at radius 2 is 1.85 bits per heavy atom. The molecule has 1 atom stereocenters. The lowest BCUT2D eigenvalue weighted by molar-refractivity contribution is -0.384. The molecule has 0 bridgehead atoms. The number of non-ortho nitro benzene ring substituents is 1. The molecule has 3 N–H and O–H groups in total. The minimum Gasteiger partial charge on any atom is -0.326 e.